The molecule has 0 heterocycles. The minimum atomic E-state index is -3.75. The number of aliphatic hydroxyl groups is 1. The van der Waals surface area contributed by atoms with E-state index in [0.717, 1.165) is 24.9 Å². The van der Waals surface area contributed by atoms with Gasteiger partial charge in [-0.3, -0.25) is 4.57 Å². The third-order valence-corrected chi connectivity index (χ3v) is 9.54. The second kappa shape index (κ2) is 11.2. The summed E-state index contributed by atoms with van der Waals surface area (Å²) in [6.07, 6.45) is 2.81. The third-order valence-electron chi connectivity index (χ3n) is 7.02. The molecule has 0 unspecified atom stereocenters. The number of methoxy groups -OCH3 is 2. The highest BCUT2D eigenvalue weighted by Gasteiger charge is 2.43. The van der Waals surface area contributed by atoms with Crippen LogP contribution >= 0.6 is 7.37 Å². The fraction of sp³-hybridized carbons (Fsp3) is 0.556. The second-order valence-electron chi connectivity index (χ2n) is 9.96. The van der Waals surface area contributed by atoms with E-state index in [0.29, 0.717) is 34.2 Å². The van der Waals surface area contributed by atoms with Gasteiger partial charge in [0.1, 0.15) is 11.5 Å². The van der Waals surface area contributed by atoms with Crippen LogP contribution in [0.3, 0.4) is 0 Å². The molecular weight excluding hydrogens is 449 g/mol. The molecule has 6 nitrogen and oxygen atoms in total. The lowest BCUT2D eigenvalue weighted by atomic mass is 9.75. The number of hydrogen-bond donors (Lipinski definition) is 1. The summed E-state index contributed by atoms with van der Waals surface area (Å²) in [6.45, 7) is 6.60. The molecule has 0 bridgehead atoms. The fourth-order valence-electron chi connectivity index (χ4n) is 4.87. The van der Waals surface area contributed by atoms with E-state index in [1.165, 1.54) is 7.11 Å². The Morgan fingerprint density at radius 2 is 1.71 bits per heavy atom. The van der Waals surface area contributed by atoms with Crippen LogP contribution in [0.5, 0.6) is 11.5 Å². The molecule has 2 aromatic rings. The van der Waals surface area contributed by atoms with Gasteiger partial charge < -0.3 is 24.0 Å². The second-order valence-corrected chi connectivity index (χ2v) is 12.4. The summed E-state index contributed by atoms with van der Waals surface area (Å²) in [5.74, 6) is 0.809. The minimum absolute atomic E-state index is 0.193. The van der Waals surface area contributed by atoms with Crippen molar-refractivity contribution >= 4 is 18.4 Å². The van der Waals surface area contributed by atoms with E-state index in [-0.39, 0.29) is 12.0 Å². The van der Waals surface area contributed by atoms with Gasteiger partial charge in [0.25, 0.3) is 7.37 Å². The van der Waals surface area contributed by atoms with Crippen molar-refractivity contribution in [3.8, 4) is 11.5 Å². The first kappa shape index (κ1) is 26.6. The van der Waals surface area contributed by atoms with Crippen molar-refractivity contribution in [3.63, 3.8) is 0 Å². The van der Waals surface area contributed by atoms with Crippen LogP contribution in [0.2, 0.25) is 0 Å². The Labute approximate surface area is 204 Å². The van der Waals surface area contributed by atoms with Crippen molar-refractivity contribution in [1.82, 2.24) is 0 Å². The third kappa shape index (κ3) is 5.62. The zero-order chi connectivity index (χ0) is 25.0. The number of anilines is 1. The molecule has 3 rings (SSSR count). The molecule has 1 fully saturated rings. The SMILES string of the molecule is COc1ccc([C@H](O)[P@](=O)(O[C@@H]2C[C@H](C)CC[C@H]2C(C)C)c2ccc(N(C)C)cc2)c(OC)c1. The van der Waals surface area contributed by atoms with Crippen molar-refractivity contribution in [1.29, 1.82) is 0 Å². The molecule has 1 saturated carbocycles. The van der Waals surface area contributed by atoms with Gasteiger partial charge in [0.2, 0.25) is 0 Å². The predicted molar refractivity (Wildman–Crippen MR) is 139 cm³/mol. The van der Waals surface area contributed by atoms with Gasteiger partial charge in [0.05, 0.1) is 20.3 Å². The van der Waals surface area contributed by atoms with Crippen molar-refractivity contribution < 1.29 is 23.7 Å². The molecule has 0 radical (unpaired) electrons. The Morgan fingerprint density at radius 3 is 2.26 bits per heavy atom. The standard InChI is InChI=1S/C27H40NO5P/c1-18(2)23-14-8-19(3)16-26(23)33-34(30,22-12-9-20(10-13-22)28(4)5)27(29)24-15-11-21(31-6)17-25(24)32-7/h9-13,15,17-19,23,26-27,29H,8,14,16H2,1-7H3/t19-,23+,26-,27-,34-/m1/s1. The molecule has 0 spiro atoms. The van der Waals surface area contributed by atoms with Gasteiger partial charge >= 0.3 is 0 Å². The summed E-state index contributed by atoms with van der Waals surface area (Å²) in [5.41, 5.74) is 1.41. The van der Waals surface area contributed by atoms with Crippen LogP contribution in [0.1, 0.15) is 51.4 Å². The Morgan fingerprint density at radius 1 is 1.03 bits per heavy atom. The molecule has 2 aromatic carbocycles. The lowest BCUT2D eigenvalue weighted by Crippen LogP contribution is -2.35. The monoisotopic (exact) mass is 489 g/mol. The van der Waals surface area contributed by atoms with Crippen molar-refractivity contribution in [2.75, 3.05) is 33.2 Å². The van der Waals surface area contributed by atoms with Gasteiger partial charge in [-0.15, -0.1) is 0 Å². The van der Waals surface area contributed by atoms with Crippen molar-refractivity contribution in [2.45, 2.75) is 52.0 Å². The maximum atomic E-state index is 14.8. The van der Waals surface area contributed by atoms with E-state index < -0.39 is 13.2 Å². The Hall–Kier alpha value is -2.01. The van der Waals surface area contributed by atoms with Gasteiger partial charge in [0, 0.05) is 36.7 Å². The van der Waals surface area contributed by atoms with E-state index in [1.54, 1.807) is 25.3 Å². The lowest BCUT2D eigenvalue weighted by Gasteiger charge is -2.40. The van der Waals surface area contributed by atoms with E-state index in [2.05, 4.69) is 20.8 Å². The average molecular weight is 490 g/mol. The summed E-state index contributed by atoms with van der Waals surface area (Å²) < 4.78 is 32.2. The number of nitrogens with zero attached hydrogens (tertiary/aromatic N) is 1. The summed E-state index contributed by atoms with van der Waals surface area (Å²) in [4.78, 5) is 1.98. The maximum Gasteiger partial charge on any atom is 0.264 e. The van der Waals surface area contributed by atoms with E-state index in [9.17, 15) is 9.67 Å². The van der Waals surface area contributed by atoms with Crippen molar-refractivity contribution in [2.24, 2.45) is 17.8 Å². The number of ether oxygens (including phenoxy) is 2. The first-order valence-electron chi connectivity index (χ1n) is 12.1. The number of rotatable bonds is 9. The molecule has 1 aliphatic rings. The fourth-order valence-corrected chi connectivity index (χ4v) is 7.18. The van der Waals surface area contributed by atoms with Crippen LogP contribution in [-0.4, -0.2) is 39.5 Å². The molecule has 7 heteroatoms. The Bertz CT molecular complexity index is 991. The van der Waals surface area contributed by atoms with Gasteiger partial charge in [-0.05, 0) is 67.0 Å². The van der Waals surface area contributed by atoms with Crippen LogP contribution in [0.4, 0.5) is 5.69 Å². The smallest absolute Gasteiger partial charge is 0.264 e. The highest BCUT2D eigenvalue weighted by atomic mass is 31.2. The van der Waals surface area contributed by atoms with E-state index in [1.807, 2.05) is 43.3 Å². The van der Waals surface area contributed by atoms with Gasteiger partial charge in [-0.25, -0.2) is 0 Å². The highest BCUT2D eigenvalue weighted by Crippen LogP contribution is 2.61. The molecule has 5 atom stereocenters. The van der Waals surface area contributed by atoms with Gasteiger partial charge in [0.15, 0.2) is 5.85 Å². The van der Waals surface area contributed by atoms with Crippen LogP contribution in [0.15, 0.2) is 42.5 Å². The van der Waals surface area contributed by atoms with Gasteiger partial charge in [-0.1, -0.05) is 27.2 Å². The van der Waals surface area contributed by atoms with E-state index in [4.69, 9.17) is 14.0 Å². The zero-order valence-corrected chi connectivity index (χ0v) is 22.4. The number of aliphatic hydroxyl groups excluding tert-OH is 1. The normalized spacial score (nSPS) is 23.3. The number of hydrogen-bond acceptors (Lipinski definition) is 6. The molecular formula is C27H40NO5P. The quantitative estimate of drug-likeness (QED) is 0.446. The van der Waals surface area contributed by atoms with Crippen LogP contribution in [-0.2, 0) is 9.09 Å². The largest absolute Gasteiger partial charge is 0.497 e. The molecule has 34 heavy (non-hydrogen) atoms. The average Bonchev–Trinajstić information content (AvgIpc) is 2.82. The Kier molecular flexibility index (Phi) is 8.72. The number of benzene rings is 2. The first-order chi connectivity index (χ1) is 16.1. The molecule has 0 aliphatic heterocycles. The maximum absolute atomic E-state index is 14.8. The zero-order valence-electron chi connectivity index (χ0n) is 21.5. The minimum Gasteiger partial charge on any atom is -0.497 e. The molecule has 0 aromatic heterocycles. The van der Waals surface area contributed by atoms with Crippen LogP contribution in [0.25, 0.3) is 0 Å². The molecule has 1 N–H and O–H groups in total. The van der Waals surface area contributed by atoms with Crippen LogP contribution in [0, 0.1) is 17.8 Å². The molecule has 188 valence electrons. The highest BCUT2D eigenvalue weighted by molar-refractivity contribution is 7.67. The molecule has 0 amide bonds. The van der Waals surface area contributed by atoms with Gasteiger partial charge in [-0.2, -0.15) is 0 Å². The Balaban J connectivity index is 2.09. The summed E-state index contributed by atoms with van der Waals surface area (Å²) in [7, 11) is 3.26. The van der Waals surface area contributed by atoms with E-state index >= 15 is 0 Å². The molecule has 1 aliphatic carbocycles. The summed E-state index contributed by atoms with van der Waals surface area (Å²) in [5, 5.41) is 12.2. The predicted octanol–water partition coefficient (Wildman–Crippen LogP) is 5.84. The molecule has 0 saturated heterocycles. The van der Waals surface area contributed by atoms with Crippen LogP contribution < -0.4 is 19.7 Å². The topological polar surface area (TPSA) is 68.2 Å². The first-order valence-corrected chi connectivity index (χ1v) is 13.8. The summed E-state index contributed by atoms with van der Waals surface area (Å²) in [6, 6.07) is 12.6. The summed E-state index contributed by atoms with van der Waals surface area (Å²) >= 11 is 0. The lowest BCUT2D eigenvalue weighted by molar-refractivity contribution is 0.0425. The van der Waals surface area contributed by atoms with Crippen molar-refractivity contribution in [3.05, 3.63) is 48.0 Å².